The summed E-state index contributed by atoms with van der Waals surface area (Å²) in [4.78, 5) is 40.3. The number of hydrogen-bond acceptors (Lipinski definition) is 5. The molecule has 0 spiro atoms. The smallest absolute Gasteiger partial charge is 0.344 e. The minimum Gasteiger partial charge on any atom is -0.458 e. The first-order chi connectivity index (χ1) is 12.9. The summed E-state index contributed by atoms with van der Waals surface area (Å²) in [5.74, 6) is -0.293. The first-order valence-corrected chi connectivity index (χ1v) is 10.0. The zero-order valence-corrected chi connectivity index (χ0v) is 17.7. The molecule has 1 saturated carbocycles. The fourth-order valence-corrected chi connectivity index (χ4v) is 4.01. The van der Waals surface area contributed by atoms with Gasteiger partial charge in [0.2, 0.25) is 0 Å². The van der Waals surface area contributed by atoms with Gasteiger partial charge in [-0.25, -0.2) is 4.79 Å². The summed E-state index contributed by atoms with van der Waals surface area (Å²) < 4.78 is 11.5. The molecule has 2 atom stereocenters. The molecule has 0 amide bonds. The molecule has 2 aliphatic rings. The number of esters is 1. The van der Waals surface area contributed by atoms with Gasteiger partial charge in [-0.1, -0.05) is 41.5 Å². The monoisotopic (exact) mass is 389 g/mol. The Morgan fingerprint density at radius 2 is 1.86 bits per heavy atom. The van der Waals surface area contributed by atoms with E-state index in [2.05, 4.69) is 18.8 Å². The van der Waals surface area contributed by atoms with Crippen LogP contribution in [0.15, 0.2) is 10.9 Å². The van der Waals surface area contributed by atoms with Crippen LogP contribution in [0.2, 0.25) is 0 Å². The molecule has 3 rings (SSSR count). The number of aromatic nitrogens is 1. The number of carbonyl (C=O) groups excluding carboxylic acids is 2. The van der Waals surface area contributed by atoms with E-state index in [0.717, 1.165) is 0 Å². The Morgan fingerprint density at radius 3 is 2.46 bits per heavy atom. The standard InChI is InChI=1S/C22H31NO5/c1-12(2)11-27-17-8-18(22(17,5)6)28-20(26)14-7-13-15(23-19(14)25)9-21(3,4)10-16(13)24/h7,12,17-18H,8-11H2,1-6H3,(H,23,25). The number of nitrogens with one attached hydrogen (secondary N) is 1. The second-order valence-corrected chi connectivity index (χ2v) is 10.0. The fraction of sp³-hybridized carbons (Fsp3) is 0.682. The van der Waals surface area contributed by atoms with Crippen molar-refractivity contribution in [3.63, 3.8) is 0 Å². The molecule has 6 heteroatoms. The second-order valence-electron chi connectivity index (χ2n) is 10.0. The van der Waals surface area contributed by atoms with E-state index in [1.165, 1.54) is 6.07 Å². The van der Waals surface area contributed by atoms with Crippen molar-refractivity contribution in [2.75, 3.05) is 6.61 Å². The lowest BCUT2D eigenvalue weighted by Crippen LogP contribution is -2.56. The number of hydrogen-bond donors (Lipinski definition) is 1. The predicted molar refractivity (Wildman–Crippen MR) is 106 cm³/mol. The van der Waals surface area contributed by atoms with Gasteiger partial charge in [0.25, 0.3) is 5.56 Å². The van der Waals surface area contributed by atoms with Gasteiger partial charge < -0.3 is 14.5 Å². The van der Waals surface area contributed by atoms with Crippen molar-refractivity contribution in [1.29, 1.82) is 0 Å². The molecule has 1 aromatic heterocycles. The van der Waals surface area contributed by atoms with Crippen LogP contribution in [0.1, 0.15) is 80.8 Å². The summed E-state index contributed by atoms with van der Waals surface area (Å²) in [5.41, 5.74) is -0.0829. The first-order valence-electron chi connectivity index (χ1n) is 10.0. The number of aromatic amines is 1. The van der Waals surface area contributed by atoms with Crippen LogP contribution in [0, 0.1) is 16.7 Å². The molecule has 0 bridgehead atoms. The Labute approximate surface area is 166 Å². The molecule has 1 N–H and O–H groups in total. The van der Waals surface area contributed by atoms with Crippen LogP contribution in [0.3, 0.4) is 0 Å². The van der Waals surface area contributed by atoms with E-state index in [0.29, 0.717) is 43.0 Å². The second kappa shape index (κ2) is 7.14. The maximum Gasteiger partial charge on any atom is 0.344 e. The lowest BCUT2D eigenvalue weighted by atomic mass is 9.66. The van der Waals surface area contributed by atoms with Gasteiger partial charge in [0, 0.05) is 36.1 Å². The van der Waals surface area contributed by atoms with Crippen molar-refractivity contribution < 1.29 is 19.1 Å². The molecule has 1 heterocycles. The van der Waals surface area contributed by atoms with Crippen LogP contribution < -0.4 is 5.56 Å². The van der Waals surface area contributed by atoms with Crippen molar-refractivity contribution in [3.8, 4) is 0 Å². The zero-order valence-electron chi connectivity index (χ0n) is 17.7. The number of H-pyrrole nitrogens is 1. The van der Waals surface area contributed by atoms with Crippen molar-refractivity contribution >= 4 is 11.8 Å². The minimum absolute atomic E-state index is 0.0262. The van der Waals surface area contributed by atoms with Gasteiger partial charge in [-0.05, 0) is 23.8 Å². The summed E-state index contributed by atoms with van der Waals surface area (Å²) in [7, 11) is 0. The van der Waals surface area contributed by atoms with Gasteiger partial charge in [0.05, 0.1) is 6.10 Å². The summed E-state index contributed by atoms with van der Waals surface area (Å²) in [5, 5.41) is 0. The van der Waals surface area contributed by atoms with E-state index in [1.807, 2.05) is 27.7 Å². The first kappa shape index (κ1) is 20.8. The van der Waals surface area contributed by atoms with E-state index in [-0.39, 0.29) is 34.4 Å². The number of carbonyl (C=O) groups is 2. The number of pyridine rings is 1. The third-order valence-electron chi connectivity index (χ3n) is 5.91. The van der Waals surface area contributed by atoms with Crippen molar-refractivity contribution in [1.82, 2.24) is 4.98 Å². The highest BCUT2D eigenvalue weighted by molar-refractivity contribution is 6.01. The maximum atomic E-state index is 12.7. The lowest BCUT2D eigenvalue weighted by molar-refractivity contribution is -0.180. The molecule has 0 aromatic carbocycles. The van der Waals surface area contributed by atoms with E-state index in [1.54, 1.807) is 0 Å². The summed E-state index contributed by atoms with van der Waals surface area (Å²) >= 11 is 0. The van der Waals surface area contributed by atoms with Crippen molar-refractivity contribution in [2.24, 2.45) is 16.7 Å². The number of Topliss-reactive ketones (excluding diaryl/α,β-unsaturated/α-hetero) is 1. The van der Waals surface area contributed by atoms with Crippen LogP contribution in [0.25, 0.3) is 0 Å². The lowest BCUT2D eigenvalue weighted by Gasteiger charge is -2.50. The van der Waals surface area contributed by atoms with E-state index < -0.39 is 11.5 Å². The molecule has 154 valence electrons. The summed E-state index contributed by atoms with van der Waals surface area (Å²) in [6.45, 7) is 12.8. The largest absolute Gasteiger partial charge is 0.458 e. The molecule has 0 aliphatic heterocycles. The third-order valence-corrected chi connectivity index (χ3v) is 5.91. The Hall–Kier alpha value is -1.95. The fourth-order valence-electron chi connectivity index (χ4n) is 4.01. The molecule has 28 heavy (non-hydrogen) atoms. The average molecular weight is 389 g/mol. The normalized spacial score (nSPS) is 25.2. The van der Waals surface area contributed by atoms with E-state index >= 15 is 0 Å². The van der Waals surface area contributed by atoms with E-state index in [9.17, 15) is 14.4 Å². The average Bonchev–Trinajstić information content (AvgIpc) is 2.55. The summed E-state index contributed by atoms with van der Waals surface area (Å²) in [6.07, 6.45) is 1.32. The van der Waals surface area contributed by atoms with Crippen LogP contribution in [0.5, 0.6) is 0 Å². The Bertz CT molecular complexity index is 849. The van der Waals surface area contributed by atoms with E-state index in [4.69, 9.17) is 9.47 Å². The van der Waals surface area contributed by atoms with Gasteiger partial charge in [-0.15, -0.1) is 0 Å². The highest BCUT2D eigenvalue weighted by Crippen LogP contribution is 2.45. The quantitative estimate of drug-likeness (QED) is 0.779. The molecule has 1 fully saturated rings. The molecular weight excluding hydrogens is 358 g/mol. The number of fused-ring (bicyclic) bond motifs is 1. The highest BCUT2D eigenvalue weighted by atomic mass is 16.6. The molecule has 2 aliphatic carbocycles. The van der Waals surface area contributed by atoms with Gasteiger partial charge in [-0.3, -0.25) is 9.59 Å². The molecular formula is C22H31NO5. The molecule has 0 saturated heterocycles. The highest BCUT2D eigenvalue weighted by Gasteiger charge is 2.51. The third kappa shape index (κ3) is 3.93. The molecule has 2 unspecified atom stereocenters. The van der Waals surface area contributed by atoms with Gasteiger partial charge in [0.15, 0.2) is 5.78 Å². The minimum atomic E-state index is -0.679. The van der Waals surface area contributed by atoms with Crippen LogP contribution in [-0.2, 0) is 15.9 Å². The number of rotatable bonds is 5. The number of ketones is 1. The van der Waals surface area contributed by atoms with Gasteiger partial charge in [-0.2, -0.15) is 0 Å². The Morgan fingerprint density at radius 1 is 1.18 bits per heavy atom. The molecule has 6 nitrogen and oxygen atoms in total. The van der Waals surface area contributed by atoms with Gasteiger partial charge >= 0.3 is 5.97 Å². The van der Waals surface area contributed by atoms with Crippen LogP contribution in [-0.4, -0.2) is 35.6 Å². The van der Waals surface area contributed by atoms with Crippen molar-refractivity contribution in [2.45, 2.75) is 73.0 Å². The molecule has 1 aromatic rings. The van der Waals surface area contributed by atoms with Crippen molar-refractivity contribution in [3.05, 3.63) is 33.2 Å². The topological polar surface area (TPSA) is 85.5 Å². The van der Waals surface area contributed by atoms with Crippen LogP contribution >= 0.6 is 0 Å². The summed E-state index contributed by atoms with van der Waals surface area (Å²) in [6, 6.07) is 1.41. The molecule has 0 radical (unpaired) electrons. The SMILES string of the molecule is CC(C)COC1CC(OC(=O)c2cc3c([nH]c2=O)CC(C)(C)CC3=O)C1(C)C. The predicted octanol–water partition coefficient (Wildman–Crippen LogP) is 3.53. The number of ether oxygens (including phenoxy) is 2. The Kier molecular flexibility index (Phi) is 5.30. The maximum absolute atomic E-state index is 12.7. The van der Waals surface area contributed by atoms with Gasteiger partial charge in [0.1, 0.15) is 11.7 Å². The van der Waals surface area contributed by atoms with Crippen LogP contribution in [0.4, 0.5) is 0 Å². The zero-order chi connectivity index (χ0) is 20.9. The Balaban J connectivity index is 1.73.